The van der Waals surface area contributed by atoms with Gasteiger partial charge >= 0.3 is 0 Å². The monoisotopic (exact) mass is 318 g/mol. The van der Waals surface area contributed by atoms with E-state index in [1.807, 2.05) is 0 Å². The summed E-state index contributed by atoms with van der Waals surface area (Å²) in [6, 6.07) is 3.66. The number of rotatable bonds is 5. The van der Waals surface area contributed by atoms with Crippen molar-refractivity contribution in [3.8, 4) is 0 Å². The summed E-state index contributed by atoms with van der Waals surface area (Å²) in [6.45, 7) is 2.01. The zero-order valence-corrected chi connectivity index (χ0v) is 13.6. The van der Waals surface area contributed by atoms with Crippen molar-refractivity contribution in [1.29, 1.82) is 0 Å². The molecule has 6 heteroatoms. The Morgan fingerprint density at radius 2 is 2.09 bits per heavy atom. The molecule has 1 atom stereocenters. The highest BCUT2D eigenvalue weighted by atomic mass is 16.3. The van der Waals surface area contributed by atoms with Crippen LogP contribution in [-0.2, 0) is 0 Å². The van der Waals surface area contributed by atoms with Crippen LogP contribution in [-0.4, -0.2) is 48.3 Å². The second-order valence-corrected chi connectivity index (χ2v) is 6.65. The summed E-state index contributed by atoms with van der Waals surface area (Å²) in [5.41, 5.74) is 0.628. The minimum atomic E-state index is -0.196. The molecule has 0 unspecified atom stereocenters. The summed E-state index contributed by atoms with van der Waals surface area (Å²) in [6.07, 6.45) is 5.21. The number of carbonyl (C=O) groups excluding carboxylic acids is 1. The van der Waals surface area contributed by atoms with Gasteiger partial charge in [-0.05, 0) is 62.7 Å². The van der Waals surface area contributed by atoms with Gasteiger partial charge in [-0.2, -0.15) is 0 Å². The first-order valence-corrected chi connectivity index (χ1v) is 8.51. The van der Waals surface area contributed by atoms with Crippen LogP contribution in [0.3, 0.4) is 0 Å². The molecular weight excluding hydrogens is 292 g/mol. The van der Waals surface area contributed by atoms with Crippen molar-refractivity contribution in [2.45, 2.75) is 37.8 Å². The summed E-state index contributed by atoms with van der Waals surface area (Å²) in [7, 11) is 1.79. The Morgan fingerprint density at radius 1 is 1.35 bits per heavy atom. The molecule has 0 aromatic carbocycles. The summed E-state index contributed by atoms with van der Waals surface area (Å²) in [5.74, 6) is 1.52. The molecule has 126 valence electrons. The van der Waals surface area contributed by atoms with Crippen molar-refractivity contribution in [3.05, 3.63) is 23.9 Å². The van der Waals surface area contributed by atoms with Gasteiger partial charge in [-0.1, -0.05) is 0 Å². The molecule has 1 aliphatic carbocycles. The van der Waals surface area contributed by atoms with Gasteiger partial charge in [0, 0.05) is 24.8 Å². The number of amides is 1. The van der Waals surface area contributed by atoms with E-state index in [4.69, 9.17) is 0 Å². The lowest BCUT2D eigenvalue weighted by Gasteiger charge is -2.43. The second-order valence-electron chi connectivity index (χ2n) is 6.65. The van der Waals surface area contributed by atoms with Gasteiger partial charge in [0.05, 0.1) is 6.10 Å². The van der Waals surface area contributed by atoms with Gasteiger partial charge in [-0.15, -0.1) is 0 Å². The zero-order valence-electron chi connectivity index (χ0n) is 13.6. The lowest BCUT2D eigenvalue weighted by atomic mass is 9.71. The van der Waals surface area contributed by atoms with Crippen molar-refractivity contribution in [3.63, 3.8) is 0 Å². The number of anilines is 1. The molecule has 1 saturated heterocycles. The van der Waals surface area contributed by atoms with Gasteiger partial charge in [0.1, 0.15) is 5.82 Å². The number of pyridine rings is 1. The Bertz CT molecular complexity index is 539. The topological polar surface area (TPSA) is 86.3 Å². The average Bonchev–Trinajstić information content (AvgIpc) is 2.58. The van der Waals surface area contributed by atoms with Gasteiger partial charge in [-0.3, -0.25) is 4.79 Å². The van der Waals surface area contributed by atoms with Crippen molar-refractivity contribution in [1.82, 2.24) is 15.6 Å². The zero-order chi connectivity index (χ0) is 16.2. The SMILES string of the molecule is CNc1cc(C(=O)N[C@@H](C2CCNCC2)C2CC(O)C2)ccn1. The highest BCUT2D eigenvalue weighted by Crippen LogP contribution is 2.35. The fourth-order valence-electron chi connectivity index (χ4n) is 3.69. The molecule has 4 N–H and O–H groups in total. The van der Waals surface area contributed by atoms with E-state index in [0.717, 1.165) is 38.8 Å². The van der Waals surface area contributed by atoms with Crippen LogP contribution >= 0.6 is 0 Å². The van der Waals surface area contributed by atoms with Crippen LogP contribution in [0.4, 0.5) is 5.82 Å². The standard InChI is InChI=1S/C17H26N4O2/c1-18-15-10-12(4-7-20-15)17(23)21-16(13-8-14(22)9-13)11-2-5-19-6-3-11/h4,7,10-11,13-14,16,19,22H,2-3,5-6,8-9H2,1H3,(H,18,20)(H,21,23)/t13?,14?,16-/m0/s1. The highest BCUT2D eigenvalue weighted by Gasteiger charge is 2.39. The number of aromatic nitrogens is 1. The molecule has 1 aromatic rings. The van der Waals surface area contributed by atoms with Gasteiger partial charge in [-0.25, -0.2) is 4.98 Å². The summed E-state index contributed by atoms with van der Waals surface area (Å²) >= 11 is 0. The fourth-order valence-corrected chi connectivity index (χ4v) is 3.69. The Morgan fingerprint density at radius 3 is 2.74 bits per heavy atom. The number of piperidine rings is 1. The van der Waals surface area contributed by atoms with E-state index in [-0.39, 0.29) is 18.1 Å². The van der Waals surface area contributed by atoms with Gasteiger partial charge in [0.2, 0.25) is 0 Å². The van der Waals surface area contributed by atoms with Gasteiger partial charge in [0.25, 0.3) is 5.91 Å². The van der Waals surface area contributed by atoms with E-state index >= 15 is 0 Å². The minimum Gasteiger partial charge on any atom is -0.393 e. The molecule has 1 aromatic heterocycles. The molecule has 0 bridgehead atoms. The molecular formula is C17H26N4O2. The Hall–Kier alpha value is -1.66. The van der Waals surface area contributed by atoms with Crippen LogP contribution < -0.4 is 16.0 Å². The third kappa shape index (κ3) is 3.82. The van der Waals surface area contributed by atoms with E-state index in [1.165, 1.54) is 0 Å². The number of aliphatic hydroxyl groups is 1. The normalized spacial score (nSPS) is 26.2. The average molecular weight is 318 g/mol. The first-order valence-electron chi connectivity index (χ1n) is 8.51. The van der Waals surface area contributed by atoms with E-state index < -0.39 is 0 Å². The number of hydrogen-bond acceptors (Lipinski definition) is 5. The smallest absolute Gasteiger partial charge is 0.251 e. The number of nitrogens with one attached hydrogen (secondary N) is 3. The number of aliphatic hydroxyl groups excluding tert-OH is 1. The molecule has 2 heterocycles. The van der Waals surface area contributed by atoms with Crippen molar-refractivity contribution in [2.75, 3.05) is 25.5 Å². The van der Waals surface area contributed by atoms with Crippen LogP contribution in [0.1, 0.15) is 36.0 Å². The molecule has 23 heavy (non-hydrogen) atoms. The Kier molecular flexibility index (Phi) is 5.13. The fraction of sp³-hybridized carbons (Fsp3) is 0.647. The molecule has 2 fully saturated rings. The lowest BCUT2D eigenvalue weighted by Crippen LogP contribution is -2.52. The predicted octanol–water partition coefficient (Wildman–Crippen LogP) is 0.992. The van der Waals surface area contributed by atoms with Gasteiger partial charge < -0.3 is 21.1 Å². The molecule has 1 saturated carbocycles. The minimum absolute atomic E-state index is 0.0474. The summed E-state index contributed by atoms with van der Waals surface area (Å²) in [5, 5.41) is 19.2. The van der Waals surface area contributed by atoms with E-state index in [0.29, 0.717) is 23.2 Å². The van der Waals surface area contributed by atoms with Crippen molar-refractivity contribution in [2.24, 2.45) is 11.8 Å². The highest BCUT2D eigenvalue weighted by molar-refractivity contribution is 5.95. The van der Waals surface area contributed by atoms with Gasteiger partial charge in [0.15, 0.2) is 0 Å². The Labute approximate surface area is 137 Å². The van der Waals surface area contributed by atoms with Crippen molar-refractivity contribution < 1.29 is 9.90 Å². The number of nitrogens with zero attached hydrogens (tertiary/aromatic N) is 1. The maximum Gasteiger partial charge on any atom is 0.251 e. The first-order chi connectivity index (χ1) is 11.2. The maximum absolute atomic E-state index is 12.6. The van der Waals surface area contributed by atoms with E-state index in [9.17, 15) is 9.90 Å². The largest absolute Gasteiger partial charge is 0.393 e. The van der Waals surface area contributed by atoms with E-state index in [1.54, 1.807) is 25.4 Å². The van der Waals surface area contributed by atoms with Crippen LogP contribution in [0.5, 0.6) is 0 Å². The van der Waals surface area contributed by atoms with Crippen LogP contribution in [0, 0.1) is 11.8 Å². The summed E-state index contributed by atoms with van der Waals surface area (Å²) in [4.78, 5) is 16.8. The molecule has 0 radical (unpaired) electrons. The molecule has 0 spiro atoms. The van der Waals surface area contributed by atoms with Crippen molar-refractivity contribution >= 4 is 11.7 Å². The molecule has 2 aliphatic rings. The second kappa shape index (κ2) is 7.27. The van der Waals surface area contributed by atoms with Crippen LogP contribution in [0.25, 0.3) is 0 Å². The predicted molar refractivity (Wildman–Crippen MR) is 89.4 cm³/mol. The molecule has 1 aliphatic heterocycles. The Balaban J connectivity index is 1.70. The third-order valence-corrected chi connectivity index (χ3v) is 5.13. The molecule has 6 nitrogen and oxygen atoms in total. The first kappa shape index (κ1) is 16.2. The van der Waals surface area contributed by atoms with E-state index in [2.05, 4.69) is 20.9 Å². The third-order valence-electron chi connectivity index (χ3n) is 5.13. The van der Waals surface area contributed by atoms with Crippen LogP contribution in [0.15, 0.2) is 18.3 Å². The molecule has 3 rings (SSSR count). The maximum atomic E-state index is 12.6. The lowest BCUT2D eigenvalue weighted by molar-refractivity contribution is 0.00919. The molecule has 1 amide bonds. The number of carbonyl (C=O) groups is 1. The van der Waals surface area contributed by atoms with Crippen LogP contribution in [0.2, 0.25) is 0 Å². The quantitative estimate of drug-likeness (QED) is 0.650. The summed E-state index contributed by atoms with van der Waals surface area (Å²) < 4.78 is 0. The number of hydrogen-bond donors (Lipinski definition) is 4.